The Balaban J connectivity index is 1.62. The third kappa shape index (κ3) is 2.23. The highest BCUT2D eigenvalue weighted by molar-refractivity contribution is 9.10. The first-order valence-corrected chi connectivity index (χ1v) is 6.97. The first-order chi connectivity index (χ1) is 8.25. The van der Waals surface area contributed by atoms with Crippen molar-refractivity contribution >= 4 is 27.7 Å². The number of hydrogen-bond donors (Lipinski definition) is 1. The van der Waals surface area contributed by atoms with Gasteiger partial charge in [-0.05, 0) is 52.7 Å². The molecule has 90 valence electrons. The molecule has 2 atom stereocenters. The molecule has 1 aromatic rings. The van der Waals surface area contributed by atoms with E-state index in [4.69, 9.17) is 0 Å². The van der Waals surface area contributed by atoms with Crippen LogP contribution in [0.3, 0.4) is 0 Å². The van der Waals surface area contributed by atoms with Crippen LogP contribution < -0.4 is 5.32 Å². The Morgan fingerprint density at radius 1 is 1.29 bits per heavy atom. The van der Waals surface area contributed by atoms with Gasteiger partial charge in [0.25, 0.3) is 0 Å². The molecule has 2 saturated carbocycles. The molecule has 1 N–H and O–H groups in total. The SMILES string of the molecule is O=C(Nc1ccc(Br)cn1)C1C2CCCCC21. The molecule has 17 heavy (non-hydrogen) atoms. The average molecular weight is 295 g/mol. The highest BCUT2D eigenvalue weighted by Crippen LogP contribution is 2.55. The molecule has 1 aromatic heterocycles. The van der Waals surface area contributed by atoms with Crippen LogP contribution in [0.4, 0.5) is 5.82 Å². The van der Waals surface area contributed by atoms with Crippen LogP contribution >= 0.6 is 15.9 Å². The third-order valence-corrected chi connectivity index (χ3v) is 4.41. The van der Waals surface area contributed by atoms with Crippen molar-refractivity contribution in [2.45, 2.75) is 25.7 Å². The van der Waals surface area contributed by atoms with Crippen LogP contribution in [0, 0.1) is 17.8 Å². The maximum absolute atomic E-state index is 12.1. The summed E-state index contributed by atoms with van der Waals surface area (Å²) < 4.78 is 0.926. The molecule has 0 radical (unpaired) electrons. The fraction of sp³-hybridized carbons (Fsp3) is 0.538. The quantitative estimate of drug-likeness (QED) is 0.910. The van der Waals surface area contributed by atoms with Gasteiger partial charge in [-0.25, -0.2) is 4.98 Å². The van der Waals surface area contributed by atoms with Crippen LogP contribution in [-0.4, -0.2) is 10.9 Å². The summed E-state index contributed by atoms with van der Waals surface area (Å²) in [5.41, 5.74) is 0. The molecule has 2 aliphatic carbocycles. The highest BCUT2D eigenvalue weighted by Gasteiger charge is 2.54. The van der Waals surface area contributed by atoms with Crippen LogP contribution in [0.5, 0.6) is 0 Å². The number of carbonyl (C=O) groups excluding carboxylic acids is 1. The van der Waals surface area contributed by atoms with E-state index < -0.39 is 0 Å². The second kappa shape index (κ2) is 4.41. The predicted molar refractivity (Wildman–Crippen MR) is 69.5 cm³/mol. The van der Waals surface area contributed by atoms with Crippen LogP contribution in [0.1, 0.15) is 25.7 Å². The van der Waals surface area contributed by atoms with Gasteiger partial charge in [0, 0.05) is 16.6 Å². The van der Waals surface area contributed by atoms with Crippen molar-refractivity contribution in [1.29, 1.82) is 0 Å². The zero-order valence-corrected chi connectivity index (χ0v) is 11.1. The summed E-state index contributed by atoms with van der Waals surface area (Å²) in [6.45, 7) is 0. The smallest absolute Gasteiger partial charge is 0.229 e. The van der Waals surface area contributed by atoms with Crippen LogP contribution in [-0.2, 0) is 4.79 Å². The van der Waals surface area contributed by atoms with Gasteiger partial charge in [0.15, 0.2) is 0 Å². The molecule has 1 amide bonds. The zero-order chi connectivity index (χ0) is 11.8. The molecule has 0 spiro atoms. The Hall–Kier alpha value is -0.900. The normalized spacial score (nSPS) is 30.5. The predicted octanol–water partition coefficient (Wildman–Crippen LogP) is 3.22. The number of nitrogens with zero attached hydrogens (tertiary/aromatic N) is 1. The molecular formula is C13H15BrN2O. The number of rotatable bonds is 2. The van der Waals surface area contributed by atoms with E-state index >= 15 is 0 Å². The summed E-state index contributed by atoms with van der Waals surface area (Å²) in [4.78, 5) is 16.2. The average Bonchev–Trinajstić information content (AvgIpc) is 3.06. The Bertz CT molecular complexity index is 420. The van der Waals surface area contributed by atoms with E-state index in [1.807, 2.05) is 12.1 Å². The first-order valence-electron chi connectivity index (χ1n) is 6.18. The number of nitrogens with one attached hydrogen (secondary N) is 1. The summed E-state index contributed by atoms with van der Waals surface area (Å²) in [7, 11) is 0. The molecular weight excluding hydrogens is 280 g/mol. The van der Waals surface area contributed by atoms with E-state index in [0.717, 1.165) is 4.47 Å². The number of amides is 1. The van der Waals surface area contributed by atoms with Gasteiger partial charge in [-0.3, -0.25) is 4.79 Å². The van der Waals surface area contributed by atoms with Gasteiger partial charge < -0.3 is 5.32 Å². The fourth-order valence-electron chi connectivity index (χ4n) is 3.04. The topological polar surface area (TPSA) is 42.0 Å². The lowest BCUT2D eigenvalue weighted by Gasteiger charge is -2.04. The molecule has 2 unspecified atom stereocenters. The summed E-state index contributed by atoms with van der Waals surface area (Å²) >= 11 is 3.33. The van der Waals surface area contributed by atoms with Crippen molar-refractivity contribution in [3.8, 4) is 0 Å². The lowest BCUT2D eigenvalue weighted by Crippen LogP contribution is -2.16. The van der Waals surface area contributed by atoms with Crippen molar-refractivity contribution in [3.63, 3.8) is 0 Å². The standard InChI is InChI=1S/C13H15BrN2O/c14-8-5-6-11(15-7-8)16-13(17)12-9-3-1-2-4-10(9)12/h5-7,9-10,12H,1-4H2,(H,15,16,17). The minimum absolute atomic E-state index is 0.164. The van der Waals surface area contributed by atoms with E-state index in [2.05, 4.69) is 26.2 Å². The zero-order valence-electron chi connectivity index (χ0n) is 9.53. The summed E-state index contributed by atoms with van der Waals surface area (Å²) in [5.74, 6) is 2.37. The van der Waals surface area contributed by atoms with Gasteiger partial charge in [0.05, 0.1) is 0 Å². The third-order valence-electron chi connectivity index (χ3n) is 3.94. The molecule has 2 fully saturated rings. The van der Waals surface area contributed by atoms with Crippen LogP contribution in [0.2, 0.25) is 0 Å². The molecule has 0 saturated heterocycles. The number of carbonyl (C=O) groups is 1. The minimum Gasteiger partial charge on any atom is -0.310 e. The molecule has 3 rings (SSSR count). The Kier molecular flexibility index (Phi) is 2.90. The van der Waals surface area contributed by atoms with Gasteiger partial charge in [-0.15, -0.1) is 0 Å². The van der Waals surface area contributed by atoms with Gasteiger partial charge in [-0.2, -0.15) is 0 Å². The molecule has 0 bridgehead atoms. The lowest BCUT2D eigenvalue weighted by molar-refractivity contribution is -0.117. The van der Waals surface area contributed by atoms with Crippen molar-refractivity contribution in [3.05, 3.63) is 22.8 Å². The molecule has 4 heteroatoms. The summed E-state index contributed by atoms with van der Waals surface area (Å²) in [6, 6.07) is 3.72. The van der Waals surface area contributed by atoms with E-state index in [0.29, 0.717) is 17.7 Å². The second-order valence-corrected chi connectivity index (χ2v) is 5.90. The maximum atomic E-state index is 12.1. The van der Waals surface area contributed by atoms with Crippen molar-refractivity contribution in [2.24, 2.45) is 17.8 Å². The van der Waals surface area contributed by atoms with Gasteiger partial charge in [0.1, 0.15) is 5.82 Å². The monoisotopic (exact) mass is 294 g/mol. The van der Waals surface area contributed by atoms with E-state index in [9.17, 15) is 4.79 Å². The van der Waals surface area contributed by atoms with E-state index in [1.54, 1.807) is 6.20 Å². The molecule has 0 aromatic carbocycles. The number of halogens is 1. The fourth-order valence-corrected chi connectivity index (χ4v) is 3.28. The largest absolute Gasteiger partial charge is 0.310 e. The van der Waals surface area contributed by atoms with Crippen molar-refractivity contribution < 1.29 is 4.79 Å². The molecule has 1 heterocycles. The maximum Gasteiger partial charge on any atom is 0.229 e. The summed E-state index contributed by atoms with van der Waals surface area (Å²) in [6.07, 6.45) is 6.76. The number of hydrogen-bond acceptors (Lipinski definition) is 2. The highest BCUT2D eigenvalue weighted by atomic mass is 79.9. The number of anilines is 1. The van der Waals surface area contributed by atoms with Crippen LogP contribution in [0.25, 0.3) is 0 Å². The van der Waals surface area contributed by atoms with Crippen molar-refractivity contribution in [1.82, 2.24) is 4.98 Å². The van der Waals surface area contributed by atoms with Gasteiger partial charge >= 0.3 is 0 Å². The van der Waals surface area contributed by atoms with E-state index in [-0.39, 0.29) is 11.8 Å². The lowest BCUT2D eigenvalue weighted by atomic mass is 10.0. The Morgan fingerprint density at radius 3 is 2.59 bits per heavy atom. The molecule has 3 nitrogen and oxygen atoms in total. The van der Waals surface area contributed by atoms with Gasteiger partial charge in [-0.1, -0.05) is 12.8 Å². The van der Waals surface area contributed by atoms with Crippen LogP contribution in [0.15, 0.2) is 22.8 Å². The summed E-state index contributed by atoms with van der Waals surface area (Å²) in [5, 5.41) is 2.92. The molecule has 0 aliphatic heterocycles. The Morgan fingerprint density at radius 2 is 2.00 bits per heavy atom. The Labute approximate surface area is 109 Å². The molecule has 2 aliphatic rings. The van der Waals surface area contributed by atoms with Gasteiger partial charge in [0.2, 0.25) is 5.91 Å². The van der Waals surface area contributed by atoms with Crippen molar-refractivity contribution in [2.75, 3.05) is 5.32 Å². The first kappa shape index (κ1) is 11.2. The number of aromatic nitrogens is 1. The number of pyridine rings is 1. The minimum atomic E-state index is 0.164. The van der Waals surface area contributed by atoms with E-state index in [1.165, 1.54) is 25.7 Å². The second-order valence-electron chi connectivity index (χ2n) is 4.99. The number of fused-ring (bicyclic) bond motifs is 1.